The minimum Gasteiger partial charge on any atom is -0.387 e. The molecule has 1 aromatic carbocycles. The van der Waals surface area contributed by atoms with Crippen molar-refractivity contribution in [3.05, 3.63) is 35.4 Å². The number of terminal acetylenes is 1. The minimum atomic E-state index is -0.705. The summed E-state index contributed by atoms with van der Waals surface area (Å²) in [6.07, 6.45) is 6.21. The van der Waals surface area contributed by atoms with Crippen LogP contribution in [0.5, 0.6) is 0 Å². The molecular weight excluding hydrogens is 200 g/mol. The largest absolute Gasteiger partial charge is 0.387 e. The lowest BCUT2D eigenvalue weighted by Gasteiger charge is -2.28. The van der Waals surface area contributed by atoms with Gasteiger partial charge in [-0.1, -0.05) is 37.1 Å². The molecule has 0 aliphatic heterocycles. The summed E-state index contributed by atoms with van der Waals surface area (Å²) in [6.45, 7) is 3.80. The molecule has 0 amide bonds. The van der Waals surface area contributed by atoms with E-state index in [-0.39, 0.29) is 0 Å². The second kappa shape index (κ2) is 4.96. The first kappa shape index (κ1) is 12.5. The van der Waals surface area contributed by atoms with Gasteiger partial charge < -0.3 is 5.11 Å². The van der Waals surface area contributed by atoms with Gasteiger partial charge >= 0.3 is 0 Å². The zero-order chi connectivity index (χ0) is 12.2. The third-order valence-electron chi connectivity index (χ3n) is 3.06. The number of hydrogen-bond acceptors (Lipinski definition) is 2. The first-order valence-corrected chi connectivity index (χ1v) is 5.28. The number of carbonyl (C=O) groups excluding carboxylic acids is 1. The average molecular weight is 216 g/mol. The van der Waals surface area contributed by atoms with Crippen LogP contribution >= 0.6 is 0 Å². The number of aliphatic hydroxyl groups excluding tert-OH is 1. The van der Waals surface area contributed by atoms with E-state index in [1.807, 2.05) is 13.8 Å². The van der Waals surface area contributed by atoms with Crippen molar-refractivity contribution < 1.29 is 9.90 Å². The van der Waals surface area contributed by atoms with Crippen LogP contribution in [0.1, 0.15) is 42.3 Å². The predicted molar refractivity (Wildman–Crippen MR) is 64.0 cm³/mol. The van der Waals surface area contributed by atoms with Gasteiger partial charge in [0.1, 0.15) is 6.29 Å². The Labute approximate surface area is 96.3 Å². The molecule has 0 saturated carbocycles. The normalized spacial score (nSPS) is 15.9. The lowest BCUT2D eigenvalue weighted by Crippen LogP contribution is -2.22. The molecule has 0 aromatic heterocycles. The Morgan fingerprint density at radius 1 is 1.50 bits per heavy atom. The van der Waals surface area contributed by atoms with Crippen molar-refractivity contribution in [1.82, 2.24) is 0 Å². The van der Waals surface area contributed by atoms with Crippen LogP contribution in [0, 0.1) is 17.8 Å². The summed E-state index contributed by atoms with van der Waals surface area (Å²) < 4.78 is 0. The summed E-state index contributed by atoms with van der Waals surface area (Å²) in [4.78, 5) is 10.5. The number of carbonyl (C=O) groups is 1. The van der Waals surface area contributed by atoms with Crippen molar-refractivity contribution in [1.29, 1.82) is 0 Å². The lowest BCUT2D eigenvalue weighted by molar-refractivity contribution is 0.0737. The first-order valence-electron chi connectivity index (χ1n) is 5.28. The molecule has 0 aliphatic rings. The fourth-order valence-electron chi connectivity index (χ4n) is 1.50. The predicted octanol–water partition coefficient (Wildman–Crippen LogP) is 2.58. The SMILES string of the molecule is C#CC(C)(CC)C(O)c1ccc(C=O)cc1. The van der Waals surface area contributed by atoms with E-state index in [1.54, 1.807) is 24.3 Å². The lowest BCUT2D eigenvalue weighted by atomic mass is 9.79. The van der Waals surface area contributed by atoms with Crippen LogP contribution in [0.4, 0.5) is 0 Å². The van der Waals surface area contributed by atoms with Gasteiger partial charge in [0, 0.05) is 5.56 Å². The van der Waals surface area contributed by atoms with Gasteiger partial charge in [0.15, 0.2) is 0 Å². The van der Waals surface area contributed by atoms with E-state index in [4.69, 9.17) is 6.42 Å². The van der Waals surface area contributed by atoms with Gasteiger partial charge in [-0.3, -0.25) is 4.79 Å². The molecule has 1 N–H and O–H groups in total. The summed E-state index contributed by atoms with van der Waals surface area (Å²) in [5, 5.41) is 10.2. The molecule has 2 nitrogen and oxygen atoms in total. The molecular formula is C14H16O2. The maximum atomic E-state index is 10.5. The molecule has 0 fully saturated rings. The van der Waals surface area contributed by atoms with Crippen LogP contribution in [0.2, 0.25) is 0 Å². The number of rotatable bonds is 4. The first-order chi connectivity index (χ1) is 7.57. The summed E-state index contributed by atoms with van der Waals surface area (Å²) >= 11 is 0. The Kier molecular flexibility index (Phi) is 3.87. The number of benzene rings is 1. The third kappa shape index (κ3) is 2.32. The minimum absolute atomic E-state index is 0.567. The molecule has 2 atom stereocenters. The van der Waals surface area contributed by atoms with Crippen LogP contribution in [-0.2, 0) is 0 Å². The standard InChI is InChI=1S/C14H16O2/c1-4-14(3,5-2)13(16)12-8-6-11(10-15)7-9-12/h1,6-10,13,16H,5H2,2-3H3. The second-order valence-electron chi connectivity index (χ2n) is 4.10. The maximum absolute atomic E-state index is 10.5. The van der Waals surface area contributed by atoms with E-state index in [0.29, 0.717) is 12.0 Å². The van der Waals surface area contributed by atoms with E-state index in [0.717, 1.165) is 11.8 Å². The number of aliphatic hydroxyl groups is 1. The molecule has 0 radical (unpaired) electrons. The Morgan fingerprint density at radius 2 is 2.06 bits per heavy atom. The zero-order valence-electron chi connectivity index (χ0n) is 9.60. The summed E-state index contributed by atoms with van der Waals surface area (Å²) in [7, 11) is 0. The monoisotopic (exact) mass is 216 g/mol. The Balaban J connectivity index is 3.00. The second-order valence-corrected chi connectivity index (χ2v) is 4.10. The highest BCUT2D eigenvalue weighted by atomic mass is 16.3. The molecule has 0 heterocycles. The van der Waals surface area contributed by atoms with Gasteiger partial charge in [-0.15, -0.1) is 6.42 Å². The van der Waals surface area contributed by atoms with Crippen LogP contribution in [-0.4, -0.2) is 11.4 Å². The molecule has 1 rings (SSSR count). The van der Waals surface area contributed by atoms with E-state index in [2.05, 4.69) is 5.92 Å². The number of hydrogen-bond donors (Lipinski definition) is 1. The highest BCUT2D eigenvalue weighted by Gasteiger charge is 2.30. The molecule has 0 spiro atoms. The molecule has 84 valence electrons. The van der Waals surface area contributed by atoms with Crippen LogP contribution < -0.4 is 0 Å². The molecule has 2 heteroatoms. The highest BCUT2D eigenvalue weighted by Crippen LogP contribution is 2.35. The van der Waals surface area contributed by atoms with Crippen LogP contribution in [0.3, 0.4) is 0 Å². The summed E-state index contributed by atoms with van der Waals surface area (Å²) in [6, 6.07) is 6.83. The van der Waals surface area contributed by atoms with E-state index < -0.39 is 11.5 Å². The van der Waals surface area contributed by atoms with E-state index in [9.17, 15) is 9.90 Å². The molecule has 16 heavy (non-hydrogen) atoms. The fourth-order valence-corrected chi connectivity index (χ4v) is 1.50. The molecule has 0 bridgehead atoms. The maximum Gasteiger partial charge on any atom is 0.150 e. The Hall–Kier alpha value is -1.59. The summed E-state index contributed by atoms with van der Waals surface area (Å²) in [5.74, 6) is 2.64. The van der Waals surface area contributed by atoms with Gasteiger partial charge in [-0.2, -0.15) is 0 Å². The van der Waals surface area contributed by atoms with Gasteiger partial charge in [0.25, 0.3) is 0 Å². The van der Waals surface area contributed by atoms with Crippen molar-refractivity contribution in [2.75, 3.05) is 0 Å². The molecule has 0 saturated heterocycles. The zero-order valence-corrected chi connectivity index (χ0v) is 9.60. The van der Waals surface area contributed by atoms with Crippen molar-refractivity contribution in [2.45, 2.75) is 26.4 Å². The highest BCUT2D eigenvalue weighted by molar-refractivity contribution is 5.74. The van der Waals surface area contributed by atoms with Crippen LogP contribution in [0.25, 0.3) is 0 Å². The third-order valence-corrected chi connectivity index (χ3v) is 3.06. The molecule has 2 unspecified atom stereocenters. The average Bonchev–Trinajstić information content (AvgIpc) is 2.37. The van der Waals surface area contributed by atoms with Gasteiger partial charge in [0.2, 0.25) is 0 Å². The Morgan fingerprint density at radius 3 is 2.44 bits per heavy atom. The summed E-state index contributed by atoms with van der Waals surface area (Å²) in [5.41, 5.74) is 0.769. The van der Waals surface area contributed by atoms with Crippen molar-refractivity contribution in [3.8, 4) is 12.3 Å². The van der Waals surface area contributed by atoms with Gasteiger partial charge in [0.05, 0.1) is 11.5 Å². The van der Waals surface area contributed by atoms with Crippen molar-refractivity contribution in [3.63, 3.8) is 0 Å². The molecule has 1 aromatic rings. The Bertz CT molecular complexity index is 400. The van der Waals surface area contributed by atoms with Crippen molar-refractivity contribution in [2.24, 2.45) is 5.41 Å². The number of aldehydes is 1. The van der Waals surface area contributed by atoms with E-state index >= 15 is 0 Å². The van der Waals surface area contributed by atoms with Crippen molar-refractivity contribution >= 4 is 6.29 Å². The topological polar surface area (TPSA) is 37.3 Å². The molecule has 0 aliphatic carbocycles. The van der Waals surface area contributed by atoms with Gasteiger partial charge in [-0.05, 0) is 18.9 Å². The fraction of sp³-hybridized carbons (Fsp3) is 0.357. The van der Waals surface area contributed by atoms with Crippen LogP contribution in [0.15, 0.2) is 24.3 Å². The van der Waals surface area contributed by atoms with E-state index in [1.165, 1.54) is 0 Å². The smallest absolute Gasteiger partial charge is 0.150 e. The van der Waals surface area contributed by atoms with Gasteiger partial charge in [-0.25, -0.2) is 0 Å². The quantitative estimate of drug-likeness (QED) is 0.620.